The minimum atomic E-state index is -0.0266. The normalized spacial score (nSPS) is 34.7. The Kier molecular flexibility index (Phi) is 5.82. The molecule has 5 rings (SSSR count). The highest BCUT2D eigenvalue weighted by Crippen LogP contribution is 2.45. The lowest BCUT2D eigenvalue weighted by Gasteiger charge is -2.34. The van der Waals surface area contributed by atoms with Gasteiger partial charge in [0.25, 0.3) is 0 Å². The molecular weight excluding hydrogens is 378 g/mol. The number of ether oxygens (including phenoxy) is 1. The maximum Gasteiger partial charge on any atom is 0.225 e. The first-order valence-corrected chi connectivity index (χ1v) is 12.4. The first-order valence-electron chi connectivity index (χ1n) is 12.4. The van der Waals surface area contributed by atoms with Gasteiger partial charge in [-0.05, 0) is 44.4 Å². The quantitative estimate of drug-likeness (QED) is 0.639. The summed E-state index contributed by atoms with van der Waals surface area (Å²) in [6.07, 6.45) is 12.2. The minimum absolute atomic E-state index is 0.0266. The molecule has 0 bridgehead atoms. The summed E-state index contributed by atoms with van der Waals surface area (Å²) in [5, 5.41) is 0. The number of hydrogen-bond acceptors (Lipinski definition) is 4. The van der Waals surface area contributed by atoms with E-state index < -0.39 is 0 Å². The van der Waals surface area contributed by atoms with Crippen LogP contribution in [0.5, 0.6) is 0 Å². The highest BCUT2D eigenvalue weighted by atomic mass is 16.5. The minimum Gasteiger partial charge on any atom is -0.376 e. The second-order valence-corrected chi connectivity index (χ2v) is 10.6. The van der Waals surface area contributed by atoms with Crippen molar-refractivity contribution in [3.63, 3.8) is 0 Å². The Morgan fingerprint density at radius 1 is 0.867 bits per heavy atom. The molecule has 30 heavy (non-hydrogen) atoms. The fourth-order valence-electron chi connectivity index (χ4n) is 6.40. The van der Waals surface area contributed by atoms with Crippen LogP contribution in [-0.4, -0.2) is 84.0 Å². The van der Waals surface area contributed by atoms with E-state index in [-0.39, 0.29) is 12.0 Å². The molecule has 168 valence electrons. The topological polar surface area (TPSA) is 53.1 Å². The van der Waals surface area contributed by atoms with Crippen LogP contribution in [0.2, 0.25) is 0 Å². The van der Waals surface area contributed by atoms with Crippen molar-refractivity contribution in [2.45, 2.75) is 101 Å². The van der Waals surface area contributed by atoms with E-state index in [4.69, 9.17) is 4.74 Å². The number of rotatable bonds is 7. The summed E-state index contributed by atoms with van der Waals surface area (Å²) in [4.78, 5) is 32.4. The highest BCUT2D eigenvalue weighted by molar-refractivity contribution is 5.78. The smallest absolute Gasteiger partial charge is 0.225 e. The molecule has 4 atom stereocenters. The fraction of sp³-hybridized carbons (Fsp3) is 0.917. The van der Waals surface area contributed by atoms with E-state index in [1.54, 1.807) is 0 Å². The van der Waals surface area contributed by atoms with Crippen LogP contribution in [0, 0.1) is 11.8 Å². The molecule has 3 saturated carbocycles. The molecule has 3 aliphatic carbocycles. The van der Waals surface area contributed by atoms with E-state index in [1.165, 1.54) is 32.1 Å². The molecule has 2 saturated heterocycles. The van der Waals surface area contributed by atoms with Crippen molar-refractivity contribution < 1.29 is 14.3 Å². The first-order chi connectivity index (χ1) is 14.5. The molecule has 2 aliphatic heterocycles. The van der Waals surface area contributed by atoms with E-state index in [0.717, 1.165) is 38.8 Å². The van der Waals surface area contributed by atoms with Gasteiger partial charge < -0.3 is 14.5 Å². The molecule has 0 N–H and O–H groups in total. The van der Waals surface area contributed by atoms with Crippen molar-refractivity contribution in [2.75, 3.05) is 27.2 Å². The van der Waals surface area contributed by atoms with Crippen LogP contribution in [0.25, 0.3) is 0 Å². The SMILES string of the molecule is CN(C(=O)C[C@@H]1CN(C2CCCCC2)[C@@H]2CO[C@@H](CC(=O)N(C)C3CC3)[C@H]12)C1CC1. The number of likely N-dealkylation sites (tertiary alicyclic amines) is 1. The molecule has 0 aromatic rings. The Hall–Kier alpha value is -1.14. The lowest BCUT2D eigenvalue weighted by atomic mass is 9.84. The number of hydrogen-bond donors (Lipinski definition) is 0. The van der Waals surface area contributed by atoms with Gasteiger partial charge in [0.15, 0.2) is 0 Å². The zero-order valence-electron chi connectivity index (χ0n) is 18.8. The monoisotopic (exact) mass is 417 g/mol. The molecular formula is C24H39N3O3. The molecule has 0 aromatic heterocycles. The summed E-state index contributed by atoms with van der Waals surface area (Å²) >= 11 is 0. The van der Waals surface area contributed by atoms with Crippen LogP contribution in [0.1, 0.15) is 70.6 Å². The van der Waals surface area contributed by atoms with Crippen LogP contribution in [0.3, 0.4) is 0 Å². The van der Waals surface area contributed by atoms with Crippen molar-refractivity contribution in [2.24, 2.45) is 11.8 Å². The van der Waals surface area contributed by atoms with Crippen LogP contribution in [0.4, 0.5) is 0 Å². The lowest BCUT2D eigenvalue weighted by molar-refractivity contribution is -0.133. The van der Waals surface area contributed by atoms with Crippen molar-refractivity contribution in [1.82, 2.24) is 14.7 Å². The largest absolute Gasteiger partial charge is 0.376 e. The maximum absolute atomic E-state index is 13.0. The summed E-state index contributed by atoms with van der Waals surface area (Å²) in [6, 6.07) is 1.94. The lowest BCUT2D eigenvalue weighted by Crippen LogP contribution is -2.42. The highest BCUT2D eigenvalue weighted by Gasteiger charge is 2.53. The van der Waals surface area contributed by atoms with Crippen molar-refractivity contribution in [3.05, 3.63) is 0 Å². The van der Waals surface area contributed by atoms with Crippen molar-refractivity contribution in [3.8, 4) is 0 Å². The molecule has 0 unspecified atom stereocenters. The fourth-order valence-corrected chi connectivity index (χ4v) is 6.40. The standard InChI is InChI=1S/C24H39N3O3/c1-25(17-8-9-17)22(28)12-16-14-27(19-6-4-3-5-7-19)20-15-30-21(24(16)20)13-23(29)26(2)18-10-11-18/h16-21,24H,3-15H2,1-2H3/t16-,20-,21+,24-/m1/s1. The Labute approximate surface area is 181 Å². The third-order valence-electron chi connectivity index (χ3n) is 8.60. The molecule has 6 heteroatoms. The average Bonchev–Trinajstić information content (AvgIpc) is 3.68. The molecule has 2 heterocycles. The second-order valence-electron chi connectivity index (χ2n) is 10.6. The number of amides is 2. The third-order valence-corrected chi connectivity index (χ3v) is 8.60. The molecule has 2 amide bonds. The first kappa shape index (κ1) is 20.7. The zero-order chi connectivity index (χ0) is 20.8. The molecule has 0 radical (unpaired) electrons. The summed E-state index contributed by atoms with van der Waals surface area (Å²) in [5.41, 5.74) is 0. The van der Waals surface area contributed by atoms with Gasteiger partial charge in [-0.3, -0.25) is 14.5 Å². The second kappa shape index (κ2) is 8.42. The Morgan fingerprint density at radius 3 is 2.07 bits per heavy atom. The molecule has 6 nitrogen and oxygen atoms in total. The van der Waals surface area contributed by atoms with E-state index in [0.29, 0.717) is 54.8 Å². The van der Waals surface area contributed by atoms with Gasteiger partial charge in [-0.25, -0.2) is 0 Å². The van der Waals surface area contributed by atoms with E-state index in [1.807, 2.05) is 23.9 Å². The van der Waals surface area contributed by atoms with Crippen molar-refractivity contribution in [1.29, 1.82) is 0 Å². The summed E-state index contributed by atoms with van der Waals surface area (Å²) in [7, 11) is 3.92. The van der Waals surface area contributed by atoms with Gasteiger partial charge in [0.2, 0.25) is 11.8 Å². The van der Waals surface area contributed by atoms with Crippen LogP contribution >= 0.6 is 0 Å². The average molecular weight is 418 g/mol. The zero-order valence-corrected chi connectivity index (χ0v) is 18.8. The molecule has 0 aromatic carbocycles. The van der Waals surface area contributed by atoms with Crippen LogP contribution in [-0.2, 0) is 14.3 Å². The van der Waals surface area contributed by atoms with E-state index >= 15 is 0 Å². The van der Waals surface area contributed by atoms with Gasteiger partial charge in [0.05, 0.1) is 19.1 Å². The number of fused-ring (bicyclic) bond motifs is 1. The maximum atomic E-state index is 13.0. The summed E-state index contributed by atoms with van der Waals surface area (Å²) in [6.45, 7) is 1.74. The molecule has 5 aliphatic rings. The van der Waals surface area contributed by atoms with Crippen LogP contribution in [0.15, 0.2) is 0 Å². The number of carbonyl (C=O) groups excluding carboxylic acids is 2. The number of carbonyl (C=O) groups is 2. The van der Waals surface area contributed by atoms with Gasteiger partial charge in [0.1, 0.15) is 0 Å². The van der Waals surface area contributed by atoms with Gasteiger partial charge >= 0.3 is 0 Å². The van der Waals surface area contributed by atoms with Gasteiger partial charge in [-0.2, -0.15) is 0 Å². The van der Waals surface area contributed by atoms with Gasteiger partial charge in [-0.15, -0.1) is 0 Å². The van der Waals surface area contributed by atoms with E-state index in [9.17, 15) is 9.59 Å². The van der Waals surface area contributed by atoms with Crippen LogP contribution < -0.4 is 0 Å². The Bertz CT molecular complexity index is 656. The predicted molar refractivity (Wildman–Crippen MR) is 115 cm³/mol. The van der Waals surface area contributed by atoms with E-state index in [2.05, 4.69) is 4.90 Å². The Balaban J connectivity index is 1.29. The van der Waals surface area contributed by atoms with Crippen molar-refractivity contribution >= 4 is 11.8 Å². The van der Waals surface area contributed by atoms with Gasteiger partial charge in [0, 0.05) is 57.1 Å². The van der Waals surface area contributed by atoms with Gasteiger partial charge in [-0.1, -0.05) is 19.3 Å². The third kappa shape index (κ3) is 4.14. The Morgan fingerprint density at radius 2 is 1.47 bits per heavy atom. The number of nitrogens with zero attached hydrogens (tertiary/aromatic N) is 3. The predicted octanol–water partition coefficient (Wildman–Crippen LogP) is 2.66. The summed E-state index contributed by atoms with van der Waals surface area (Å²) < 4.78 is 6.28. The summed E-state index contributed by atoms with van der Waals surface area (Å²) in [5.74, 6) is 1.15. The molecule has 0 spiro atoms. The molecule has 5 fully saturated rings.